The molecular formula is C38H48N6O7S. The van der Waals surface area contributed by atoms with Crippen LogP contribution in [0.15, 0.2) is 41.9 Å². The maximum absolute atomic E-state index is 13.8. The maximum Gasteiger partial charge on any atom is 0.408 e. The molecule has 278 valence electrons. The highest BCUT2D eigenvalue weighted by Crippen LogP contribution is 2.56. The third kappa shape index (κ3) is 7.16. The third-order valence-corrected chi connectivity index (χ3v) is 10.7. The van der Waals surface area contributed by atoms with Gasteiger partial charge in [0.2, 0.25) is 0 Å². The number of nitrogens with zero attached hydrogens (tertiary/aromatic N) is 4. The smallest absolute Gasteiger partial charge is 0.408 e. The lowest BCUT2D eigenvalue weighted by Crippen LogP contribution is -2.60. The van der Waals surface area contributed by atoms with Gasteiger partial charge in [0.1, 0.15) is 23.8 Å². The number of carboxylic acid groups (broad SMARTS) is 1. The Kier molecular flexibility index (Phi) is 10.5. The molecule has 4 atom stereocenters. The van der Waals surface area contributed by atoms with Gasteiger partial charge in [0.05, 0.1) is 22.1 Å². The highest BCUT2D eigenvalue weighted by Gasteiger charge is 2.46. The lowest BCUT2D eigenvalue weighted by Gasteiger charge is -2.41. The van der Waals surface area contributed by atoms with Crippen molar-refractivity contribution in [3.8, 4) is 22.5 Å². The van der Waals surface area contributed by atoms with Crippen molar-refractivity contribution in [1.82, 2.24) is 30.3 Å². The van der Waals surface area contributed by atoms with E-state index in [2.05, 4.69) is 54.3 Å². The predicted octanol–water partition coefficient (Wildman–Crippen LogP) is 5.67. The number of alkyl carbamates (subject to hydrolysis) is 1. The fraction of sp³-hybridized carbons (Fsp3) is 0.500. The molecule has 4 N–H and O–H groups in total. The van der Waals surface area contributed by atoms with Crippen molar-refractivity contribution in [2.75, 3.05) is 20.3 Å². The van der Waals surface area contributed by atoms with E-state index in [0.717, 1.165) is 45.5 Å². The van der Waals surface area contributed by atoms with Crippen LogP contribution in [0.5, 0.6) is 0 Å². The second kappa shape index (κ2) is 14.6. The molecule has 0 bridgehead atoms. The van der Waals surface area contributed by atoms with Gasteiger partial charge < -0.3 is 29.6 Å². The molecule has 4 heterocycles. The van der Waals surface area contributed by atoms with E-state index < -0.39 is 41.1 Å². The standard InChI is InChI=1S/C38H48N6O7S/c1-8-43-27-14-13-21(17-23(27)29-30(38(5,6)20-45)33(50-7)31-22(32(29)43)11-9-15-39-31)26-19-52-28(40-26)18-25(41-36(49)51-37(2,3)4)34(46)44-16-10-12-24(42-44)35(47)48/h9,11,13-15,17,19,24-25,30,33,42,45H,8,10,12,16,18,20H2,1-7H3,(H,41,49)(H,47,48)/t24-,25-,30?,33-/m0/s1. The molecule has 1 aliphatic heterocycles. The number of nitrogens with one attached hydrogen (secondary N) is 2. The van der Waals surface area contributed by atoms with Gasteiger partial charge in [-0.3, -0.25) is 19.6 Å². The molecule has 0 spiro atoms. The van der Waals surface area contributed by atoms with Crippen LogP contribution in [0.4, 0.5) is 4.79 Å². The van der Waals surface area contributed by atoms with Gasteiger partial charge in [-0.1, -0.05) is 19.9 Å². The van der Waals surface area contributed by atoms with E-state index >= 15 is 0 Å². The summed E-state index contributed by atoms with van der Waals surface area (Å²) in [4.78, 5) is 48.1. The molecule has 3 aromatic heterocycles. The predicted molar refractivity (Wildman–Crippen MR) is 198 cm³/mol. The summed E-state index contributed by atoms with van der Waals surface area (Å²) in [6.45, 7) is 12.4. The molecule has 52 heavy (non-hydrogen) atoms. The van der Waals surface area contributed by atoms with Crippen LogP contribution in [0, 0.1) is 5.41 Å². The van der Waals surface area contributed by atoms with E-state index in [-0.39, 0.29) is 25.0 Å². The lowest BCUT2D eigenvalue weighted by atomic mass is 9.67. The summed E-state index contributed by atoms with van der Waals surface area (Å²) >= 11 is 1.37. The molecule has 0 radical (unpaired) electrons. The van der Waals surface area contributed by atoms with Crippen LogP contribution < -0.4 is 10.7 Å². The number of pyridine rings is 1. The van der Waals surface area contributed by atoms with E-state index in [1.54, 1.807) is 34.1 Å². The van der Waals surface area contributed by atoms with Crippen LogP contribution >= 0.6 is 11.3 Å². The number of methoxy groups -OCH3 is 1. The van der Waals surface area contributed by atoms with E-state index in [1.807, 2.05) is 17.5 Å². The number of benzene rings is 1. The van der Waals surface area contributed by atoms with Crippen LogP contribution in [0.2, 0.25) is 0 Å². The summed E-state index contributed by atoms with van der Waals surface area (Å²) in [7, 11) is 1.69. The molecule has 2 aliphatic rings. The Bertz CT molecular complexity index is 1980. The van der Waals surface area contributed by atoms with Crippen molar-refractivity contribution < 1.29 is 34.1 Å². The Balaban J connectivity index is 1.38. The number of hydrogen-bond donors (Lipinski definition) is 4. The van der Waals surface area contributed by atoms with E-state index in [0.29, 0.717) is 30.1 Å². The highest BCUT2D eigenvalue weighted by molar-refractivity contribution is 7.10. The molecule has 14 heteroatoms. The Labute approximate surface area is 307 Å². The average Bonchev–Trinajstić information content (AvgIpc) is 3.71. The average molecular weight is 733 g/mol. The monoisotopic (exact) mass is 732 g/mol. The SMILES string of the molecule is CCn1c2c(c3cc(-c4csc(C[C@H](NC(=O)OC(C)(C)C)C(=O)N5CCC[C@@H](C(=O)O)N5)n4)ccc31)C(C(C)(C)CO)[C@H](OC)c1ncccc1-2. The van der Waals surface area contributed by atoms with Crippen LogP contribution in [0.25, 0.3) is 33.4 Å². The van der Waals surface area contributed by atoms with E-state index in [9.17, 15) is 24.6 Å². The molecule has 0 saturated carbocycles. The molecule has 1 fully saturated rings. The van der Waals surface area contributed by atoms with Crippen molar-refractivity contribution >= 4 is 40.2 Å². The third-order valence-electron chi connectivity index (χ3n) is 9.86. The molecule has 2 amide bonds. The van der Waals surface area contributed by atoms with Gasteiger partial charge in [0.25, 0.3) is 5.91 Å². The molecule has 13 nitrogen and oxygen atoms in total. The second-order valence-electron chi connectivity index (χ2n) is 15.1. The first-order valence-electron chi connectivity index (χ1n) is 17.7. The number of hydrogen-bond acceptors (Lipinski definition) is 10. The number of aliphatic carboxylic acids is 1. The topological polar surface area (TPSA) is 168 Å². The minimum absolute atomic E-state index is 0.0474. The second-order valence-corrected chi connectivity index (χ2v) is 16.1. The fourth-order valence-electron chi connectivity index (χ4n) is 7.45. The van der Waals surface area contributed by atoms with Crippen molar-refractivity contribution in [2.24, 2.45) is 5.41 Å². The first-order valence-corrected chi connectivity index (χ1v) is 18.5. The lowest BCUT2D eigenvalue weighted by molar-refractivity contribution is -0.147. The van der Waals surface area contributed by atoms with Crippen LogP contribution in [-0.4, -0.2) is 85.7 Å². The minimum atomic E-state index is -1.05. The van der Waals surface area contributed by atoms with Crippen LogP contribution in [0.3, 0.4) is 0 Å². The van der Waals surface area contributed by atoms with Gasteiger partial charge in [-0.15, -0.1) is 11.3 Å². The van der Waals surface area contributed by atoms with Crippen molar-refractivity contribution in [1.29, 1.82) is 0 Å². The van der Waals surface area contributed by atoms with Gasteiger partial charge in [0, 0.05) is 72.8 Å². The van der Waals surface area contributed by atoms with Crippen molar-refractivity contribution in [2.45, 2.75) is 97.1 Å². The van der Waals surface area contributed by atoms with Crippen molar-refractivity contribution in [3.63, 3.8) is 0 Å². The highest BCUT2D eigenvalue weighted by atomic mass is 32.1. The first-order chi connectivity index (χ1) is 24.7. The Morgan fingerprint density at radius 1 is 1.17 bits per heavy atom. The molecule has 6 rings (SSSR count). The number of hydrazine groups is 1. The summed E-state index contributed by atoms with van der Waals surface area (Å²) < 4.78 is 13.9. The number of amides is 2. The zero-order valence-electron chi connectivity index (χ0n) is 30.7. The van der Waals surface area contributed by atoms with Gasteiger partial charge in [-0.25, -0.2) is 15.2 Å². The number of aryl methyl sites for hydroxylation is 1. The molecule has 1 unspecified atom stereocenters. The molecule has 1 aromatic carbocycles. The Hall–Kier alpha value is -4.37. The molecule has 4 aromatic rings. The number of ether oxygens (including phenoxy) is 2. The number of rotatable bonds is 10. The number of fused-ring (bicyclic) bond motifs is 5. The van der Waals surface area contributed by atoms with E-state index in [1.165, 1.54) is 16.3 Å². The number of thiazole rings is 1. The number of carbonyl (C=O) groups excluding carboxylic acids is 2. The van der Waals surface area contributed by atoms with E-state index in [4.69, 9.17) is 19.4 Å². The first kappa shape index (κ1) is 37.4. The van der Waals surface area contributed by atoms with Gasteiger partial charge in [-0.2, -0.15) is 0 Å². The summed E-state index contributed by atoms with van der Waals surface area (Å²) in [6.07, 6.45) is 1.63. The normalized spacial score (nSPS) is 19.5. The number of aliphatic hydroxyl groups is 1. The Morgan fingerprint density at radius 2 is 1.94 bits per heavy atom. The molecule has 1 saturated heterocycles. The van der Waals surface area contributed by atoms with Gasteiger partial charge in [0.15, 0.2) is 0 Å². The Morgan fingerprint density at radius 3 is 2.62 bits per heavy atom. The van der Waals surface area contributed by atoms with Crippen LogP contribution in [0.1, 0.15) is 82.7 Å². The summed E-state index contributed by atoms with van der Waals surface area (Å²) in [5.41, 5.74) is 8.15. The largest absolute Gasteiger partial charge is 0.480 e. The summed E-state index contributed by atoms with van der Waals surface area (Å²) in [6, 6.07) is 8.34. The number of carboxylic acids is 1. The molecule has 1 aliphatic carbocycles. The number of carbonyl (C=O) groups is 3. The number of aliphatic hydroxyl groups excluding tert-OH is 1. The maximum atomic E-state index is 13.8. The minimum Gasteiger partial charge on any atom is -0.480 e. The summed E-state index contributed by atoms with van der Waals surface area (Å²) in [5, 5.41) is 27.8. The quantitative estimate of drug-likeness (QED) is 0.160. The number of aromatic nitrogens is 3. The fourth-order valence-corrected chi connectivity index (χ4v) is 8.30. The zero-order chi connectivity index (χ0) is 37.5. The zero-order valence-corrected chi connectivity index (χ0v) is 31.5. The molecular weight excluding hydrogens is 685 g/mol. The van der Waals surface area contributed by atoms with Crippen molar-refractivity contribution in [3.05, 3.63) is 58.2 Å². The van der Waals surface area contributed by atoms with Gasteiger partial charge in [-0.05, 0) is 75.8 Å². The van der Waals surface area contributed by atoms with Gasteiger partial charge >= 0.3 is 12.1 Å². The summed E-state index contributed by atoms with van der Waals surface area (Å²) in [5.74, 6) is -1.72. The van der Waals surface area contributed by atoms with Crippen LogP contribution in [-0.2, 0) is 32.0 Å².